The Morgan fingerprint density at radius 3 is 2.52 bits per heavy atom. The number of hydrogen-bond acceptors (Lipinski definition) is 5. The molecule has 1 aliphatic heterocycles. The van der Waals surface area contributed by atoms with Crippen molar-refractivity contribution < 1.29 is 19.1 Å². The molecule has 2 aliphatic rings. The summed E-state index contributed by atoms with van der Waals surface area (Å²) in [6, 6.07) is 14.3. The number of primary amides is 1. The highest BCUT2D eigenvalue weighted by atomic mass is 16.5. The van der Waals surface area contributed by atoms with Crippen LogP contribution in [0.2, 0.25) is 0 Å². The number of hydrogen-bond donors (Lipinski definition) is 3. The van der Waals surface area contributed by atoms with E-state index in [2.05, 4.69) is 10.6 Å². The number of rotatable bonds is 6. The van der Waals surface area contributed by atoms with Gasteiger partial charge in [-0.2, -0.15) is 0 Å². The maximum atomic E-state index is 12.8. The summed E-state index contributed by atoms with van der Waals surface area (Å²) in [4.78, 5) is 39.0. The topological polar surface area (TPSA) is 114 Å². The molecule has 3 amide bonds. The standard InChI is InChI=1S/C23H26N4O4/c24-22(29)20-13-27(18-11-5-6-12-19(18)31-20)14-21(28)26-17-10-4-3-9-16(17)23(30)25-15-7-1-2-8-15/h3-6,9-12,15,20H,1-2,7-8,13-14H2,(H2,24,29)(H,25,30)(H,26,28)/t20-/m0/s1. The Labute approximate surface area is 180 Å². The van der Waals surface area contributed by atoms with Crippen LogP contribution >= 0.6 is 0 Å². The van der Waals surface area contributed by atoms with E-state index in [1.54, 1.807) is 41.3 Å². The van der Waals surface area contributed by atoms with Crippen molar-refractivity contribution >= 4 is 29.1 Å². The zero-order chi connectivity index (χ0) is 21.8. The van der Waals surface area contributed by atoms with Gasteiger partial charge in [0.25, 0.3) is 11.8 Å². The Morgan fingerprint density at radius 2 is 1.74 bits per heavy atom. The van der Waals surface area contributed by atoms with Gasteiger partial charge in [0.1, 0.15) is 5.75 Å². The van der Waals surface area contributed by atoms with Gasteiger partial charge in [-0.15, -0.1) is 0 Å². The Hall–Kier alpha value is -3.55. The third kappa shape index (κ3) is 4.79. The smallest absolute Gasteiger partial charge is 0.260 e. The molecule has 2 aromatic carbocycles. The summed E-state index contributed by atoms with van der Waals surface area (Å²) in [5.41, 5.74) is 7.02. The highest BCUT2D eigenvalue weighted by molar-refractivity contribution is 6.04. The first-order valence-corrected chi connectivity index (χ1v) is 10.5. The first-order chi connectivity index (χ1) is 15.0. The molecular weight excluding hydrogens is 396 g/mol. The van der Waals surface area contributed by atoms with E-state index in [0.717, 1.165) is 25.7 Å². The normalized spacial score (nSPS) is 18.1. The van der Waals surface area contributed by atoms with Gasteiger partial charge < -0.3 is 26.0 Å². The molecule has 1 fully saturated rings. The Balaban J connectivity index is 1.47. The van der Waals surface area contributed by atoms with Gasteiger partial charge in [0.05, 0.1) is 30.0 Å². The number of para-hydroxylation sites is 3. The number of ether oxygens (including phenoxy) is 1. The minimum absolute atomic E-state index is 0.0112. The molecule has 1 aliphatic carbocycles. The lowest BCUT2D eigenvalue weighted by Gasteiger charge is -2.34. The molecule has 1 atom stereocenters. The van der Waals surface area contributed by atoms with Gasteiger partial charge in [-0.25, -0.2) is 0 Å². The molecule has 31 heavy (non-hydrogen) atoms. The number of carbonyl (C=O) groups is 3. The fourth-order valence-electron chi connectivity index (χ4n) is 4.09. The predicted octanol–water partition coefficient (Wildman–Crippen LogP) is 2.05. The minimum Gasteiger partial charge on any atom is -0.477 e. The van der Waals surface area contributed by atoms with Gasteiger partial charge in [0.15, 0.2) is 6.10 Å². The lowest BCUT2D eigenvalue weighted by atomic mass is 10.1. The number of benzene rings is 2. The molecule has 1 heterocycles. The molecule has 0 radical (unpaired) electrons. The SMILES string of the molecule is NC(=O)[C@@H]1CN(CC(=O)Nc2ccccc2C(=O)NC2CCCC2)c2ccccc2O1. The maximum absolute atomic E-state index is 12.8. The van der Waals surface area contributed by atoms with Crippen molar-refractivity contribution in [2.24, 2.45) is 5.73 Å². The number of carbonyl (C=O) groups excluding carboxylic acids is 3. The van der Waals surface area contributed by atoms with Crippen LogP contribution in [0.3, 0.4) is 0 Å². The third-order valence-corrected chi connectivity index (χ3v) is 5.65. The summed E-state index contributed by atoms with van der Waals surface area (Å²) >= 11 is 0. The van der Waals surface area contributed by atoms with Crippen molar-refractivity contribution in [3.05, 3.63) is 54.1 Å². The molecule has 0 bridgehead atoms. The van der Waals surface area contributed by atoms with Crippen molar-refractivity contribution in [1.82, 2.24) is 5.32 Å². The van der Waals surface area contributed by atoms with Crippen molar-refractivity contribution in [3.63, 3.8) is 0 Å². The van der Waals surface area contributed by atoms with E-state index in [-0.39, 0.29) is 30.9 Å². The van der Waals surface area contributed by atoms with E-state index in [1.807, 2.05) is 12.1 Å². The molecule has 8 heteroatoms. The quantitative estimate of drug-likeness (QED) is 0.659. The molecule has 8 nitrogen and oxygen atoms in total. The predicted molar refractivity (Wildman–Crippen MR) is 117 cm³/mol. The Morgan fingerprint density at radius 1 is 1.03 bits per heavy atom. The number of fused-ring (bicyclic) bond motifs is 1. The van der Waals surface area contributed by atoms with Crippen LogP contribution in [0.5, 0.6) is 5.75 Å². The van der Waals surface area contributed by atoms with E-state index in [1.165, 1.54) is 0 Å². The summed E-state index contributed by atoms with van der Waals surface area (Å²) in [6.07, 6.45) is 3.37. The van der Waals surface area contributed by atoms with Gasteiger partial charge >= 0.3 is 0 Å². The fourth-order valence-corrected chi connectivity index (χ4v) is 4.09. The summed E-state index contributed by atoms with van der Waals surface area (Å²) in [7, 11) is 0. The first kappa shape index (κ1) is 20.7. The molecule has 0 spiro atoms. The Kier molecular flexibility index (Phi) is 6.06. The average molecular weight is 422 g/mol. The second-order valence-corrected chi connectivity index (χ2v) is 7.91. The highest BCUT2D eigenvalue weighted by Crippen LogP contribution is 2.33. The zero-order valence-electron chi connectivity index (χ0n) is 17.2. The van der Waals surface area contributed by atoms with Gasteiger partial charge in [-0.1, -0.05) is 37.1 Å². The lowest BCUT2D eigenvalue weighted by Crippen LogP contribution is -2.49. The fraction of sp³-hybridized carbons (Fsp3) is 0.348. The number of nitrogens with zero attached hydrogens (tertiary/aromatic N) is 1. The van der Waals surface area contributed by atoms with Crippen LogP contribution < -0.4 is 26.0 Å². The molecule has 1 saturated carbocycles. The van der Waals surface area contributed by atoms with Crippen LogP contribution in [0.1, 0.15) is 36.0 Å². The average Bonchev–Trinajstić information content (AvgIpc) is 3.27. The van der Waals surface area contributed by atoms with Crippen molar-refractivity contribution in [2.75, 3.05) is 23.3 Å². The van der Waals surface area contributed by atoms with Crippen LogP contribution in [0.25, 0.3) is 0 Å². The highest BCUT2D eigenvalue weighted by Gasteiger charge is 2.30. The first-order valence-electron chi connectivity index (χ1n) is 10.5. The molecule has 0 unspecified atom stereocenters. The van der Waals surface area contributed by atoms with Crippen LogP contribution in [0.4, 0.5) is 11.4 Å². The zero-order valence-corrected chi connectivity index (χ0v) is 17.2. The van der Waals surface area contributed by atoms with Crippen molar-refractivity contribution in [2.45, 2.75) is 37.8 Å². The van der Waals surface area contributed by atoms with Crippen LogP contribution in [0, 0.1) is 0 Å². The van der Waals surface area contributed by atoms with E-state index < -0.39 is 12.0 Å². The molecule has 4 N–H and O–H groups in total. The molecule has 4 rings (SSSR count). The monoisotopic (exact) mass is 422 g/mol. The lowest BCUT2D eigenvalue weighted by molar-refractivity contribution is -0.125. The van der Waals surface area contributed by atoms with Crippen molar-refractivity contribution in [1.29, 1.82) is 0 Å². The molecule has 0 saturated heterocycles. The minimum atomic E-state index is -0.841. The second-order valence-electron chi connectivity index (χ2n) is 7.91. The largest absolute Gasteiger partial charge is 0.477 e. The molecule has 0 aromatic heterocycles. The van der Waals surface area contributed by atoms with Crippen LogP contribution in [0.15, 0.2) is 48.5 Å². The van der Waals surface area contributed by atoms with Gasteiger partial charge in [-0.3, -0.25) is 14.4 Å². The number of amides is 3. The van der Waals surface area contributed by atoms with Gasteiger partial charge in [0.2, 0.25) is 5.91 Å². The third-order valence-electron chi connectivity index (χ3n) is 5.65. The molecule has 162 valence electrons. The van der Waals surface area contributed by atoms with Crippen molar-refractivity contribution in [3.8, 4) is 5.75 Å². The van der Waals surface area contributed by atoms with Crippen LogP contribution in [-0.2, 0) is 9.59 Å². The van der Waals surface area contributed by atoms with E-state index in [0.29, 0.717) is 22.7 Å². The van der Waals surface area contributed by atoms with Gasteiger partial charge in [0, 0.05) is 6.04 Å². The Bertz CT molecular complexity index is 987. The maximum Gasteiger partial charge on any atom is 0.260 e. The summed E-state index contributed by atoms with van der Waals surface area (Å²) in [6.45, 7) is 0.159. The number of anilines is 2. The number of nitrogens with two attached hydrogens (primary N) is 1. The van der Waals surface area contributed by atoms with E-state index in [4.69, 9.17) is 10.5 Å². The number of nitrogens with one attached hydrogen (secondary N) is 2. The summed E-state index contributed by atoms with van der Waals surface area (Å²) in [5, 5.41) is 5.89. The van der Waals surface area contributed by atoms with E-state index >= 15 is 0 Å². The summed E-state index contributed by atoms with van der Waals surface area (Å²) in [5.74, 6) is -0.579. The van der Waals surface area contributed by atoms with E-state index in [9.17, 15) is 14.4 Å². The second kappa shape index (κ2) is 9.07. The van der Waals surface area contributed by atoms with Crippen LogP contribution in [-0.4, -0.2) is 43.0 Å². The van der Waals surface area contributed by atoms with Gasteiger partial charge in [-0.05, 0) is 37.1 Å². The molecular formula is C23H26N4O4. The molecule has 2 aromatic rings. The summed E-state index contributed by atoms with van der Waals surface area (Å²) < 4.78 is 5.64.